The third-order valence-electron chi connectivity index (χ3n) is 2.39. The van der Waals surface area contributed by atoms with E-state index in [1.165, 1.54) is 12.2 Å². The van der Waals surface area contributed by atoms with Crippen LogP contribution in [-0.2, 0) is 9.63 Å². The molecule has 0 unspecified atom stereocenters. The van der Waals surface area contributed by atoms with Gasteiger partial charge in [0.25, 0.3) is 0 Å². The first kappa shape index (κ1) is 12.2. The Hall–Kier alpha value is -0.830. The average molecular weight is 185 g/mol. The van der Waals surface area contributed by atoms with Gasteiger partial charge in [-0.25, -0.2) is 5.06 Å². The molecule has 0 aromatic carbocycles. The molecule has 0 rings (SSSR count). The molecule has 0 aromatic heterocycles. The highest BCUT2D eigenvalue weighted by molar-refractivity contribution is 5.77. The molecular weight excluding hydrogens is 166 g/mol. The van der Waals surface area contributed by atoms with E-state index in [0.29, 0.717) is 0 Å². The van der Waals surface area contributed by atoms with Crippen LogP contribution in [-0.4, -0.2) is 25.1 Å². The topological polar surface area (TPSA) is 29.5 Å². The normalized spacial score (nSPS) is 14.8. The van der Waals surface area contributed by atoms with Crippen LogP contribution in [0.5, 0.6) is 0 Å². The van der Waals surface area contributed by atoms with Crippen LogP contribution in [0.3, 0.4) is 0 Å². The van der Waals surface area contributed by atoms with Gasteiger partial charge < -0.3 is 0 Å². The molecule has 2 atom stereocenters. The van der Waals surface area contributed by atoms with Crippen molar-refractivity contribution in [2.45, 2.75) is 20.3 Å². The van der Waals surface area contributed by atoms with Gasteiger partial charge in [0.2, 0.25) is 5.91 Å². The van der Waals surface area contributed by atoms with Gasteiger partial charge in [-0.15, -0.1) is 6.58 Å². The Morgan fingerprint density at radius 2 is 2.23 bits per heavy atom. The Kier molecular flexibility index (Phi) is 5.39. The van der Waals surface area contributed by atoms with Crippen molar-refractivity contribution in [1.29, 1.82) is 0 Å². The average Bonchev–Trinajstić information content (AvgIpc) is 2.17. The fourth-order valence-corrected chi connectivity index (χ4v) is 1.28. The van der Waals surface area contributed by atoms with E-state index in [9.17, 15) is 4.79 Å². The maximum Gasteiger partial charge on any atom is 0.249 e. The lowest BCUT2D eigenvalue weighted by Gasteiger charge is -2.22. The summed E-state index contributed by atoms with van der Waals surface area (Å²) in [5, 5.41) is 1.26. The standard InChI is InChI=1S/C10H19NO2/c1-6-9(7-2)8(3)10(12)11(4)13-5/h6,8-9H,1,7H2,2-5H3/t8-,9+/m1/s1. The summed E-state index contributed by atoms with van der Waals surface area (Å²) in [6.45, 7) is 7.65. The predicted molar refractivity (Wildman–Crippen MR) is 52.9 cm³/mol. The first-order valence-corrected chi connectivity index (χ1v) is 4.52. The monoisotopic (exact) mass is 185 g/mol. The van der Waals surface area contributed by atoms with Crippen LogP contribution >= 0.6 is 0 Å². The highest BCUT2D eigenvalue weighted by atomic mass is 16.7. The summed E-state index contributed by atoms with van der Waals surface area (Å²) in [7, 11) is 3.11. The largest absolute Gasteiger partial charge is 0.275 e. The molecule has 0 spiro atoms. The van der Waals surface area contributed by atoms with E-state index in [1.54, 1.807) is 7.05 Å². The zero-order valence-corrected chi connectivity index (χ0v) is 8.91. The molecule has 0 aromatic rings. The van der Waals surface area contributed by atoms with Crippen molar-refractivity contribution in [3.05, 3.63) is 12.7 Å². The molecule has 0 saturated carbocycles. The van der Waals surface area contributed by atoms with Gasteiger partial charge in [0.1, 0.15) is 0 Å². The van der Waals surface area contributed by atoms with Gasteiger partial charge in [-0.2, -0.15) is 0 Å². The van der Waals surface area contributed by atoms with E-state index in [2.05, 4.69) is 6.58 Å². The van der Waals surface area contributed by atoms with Gasteiger partial charge in [0.15, 0.2) is 0 Å². The molecule has 0 radical (unpaired) electrons. The van der Waals surface area contributed by atoms with Crippen LogP contribution in [0.25, 0.3) is 0 Å². The van der Waals surface area contributed by atoms with Crippen molar-refractivity contribution < 1.29 is 9.63 Å². The molecule has 3 heteroatoms. The van der Waals surface area contributed by atoms with Crippen LogP contribution in [0, 0.1) is 11.8 Å². The molecule has 0 aliphatic heterocycles. The highest BCUT2D eigenvalue weighted by Crippen LogP contribution is 2.18. The summed E-state index contributed by atoms with van der Waals surface area (Å²) < 4.78 is 0. The second-order valence-corrected chi connectivity index (χ2v) is 3.11. The van der Waals surface area contributed by atoms with Gasteiger partial charge in [-0.1, -0.05) is 19.9 Å². The minimum atomic E-state index is -0.0625. The highest BCUT2D eigenvalue weighted by Gasteiger charge is 2.23. The van der Waals surface area contributed by atoms with E-state index >= 15 is 0 Å². The van der Waals surface area contributed by atoms with Gasteiger partial charge in [-0.3, -0.25) is 9.63 Å². The van der Waals surface area contributed by atoms with Crippen LogP contribution in [0.15, 0.2) is 12.7 Å². The number of amides is 1. The molecule has 0 saturated heterocycles. The van der Waals surface area contributed by atoms with Crippen LogP contribution in [0.4, 0.5) is 0 Å². The third kappa shape index (κ3) is 3.19. The van der Waals surface area contributed by atoms with Crippen molar-refractivity contribution in [3.8, 4) is 0 Å². The first-order chi connectivity index (χ1) is 6.08. The molecule has 76 valence electrons. The molecule has 0 heterocycles. The number of nitrogens with zero attached hydrogens (tertiary/aromatic N) is 1. The maximum atomic E-state index is 11.6. The number of hydrogen-bond donors (Lipinski definition) is 0. The summed E-state index contributed by atoms with van der Waals surface area (Å²) in [4.78, 5) is 16.4. The molecule has 1 amide bonds. The smallest absolute Gasteiger partial charge is 0.249 e. The molecule has 0 aliphatic carbocycles. The molecule has 3 nitrogen and oxygen atoms in total. The lowest BCUT2D eigenvalue weighted by Crippen LogP contribution is -2.33. The van der Waals surface area contributed by atoms with Gasteiger partial charge in [-0.05, 0) is 12.3 Å². The van der Waals surface area contributed by atoms with E-state index in [-0.39, 0.29) is 17.7 Å². The zero-order valence-electron chi connectivity index (χ0n) is 8.91. The fraction of sp³-hybridized carbons (Fsp3) is 0.700. The number of allylic oxidation sites excluding steroid dienone is 1. The Bertz CT molecular complexity index is 180. The quantitative estimate of drug-likeness (QED) is 0.483. The summed E-state index contributed by atoms with van der Waals surface area (Å²) in [6.07, 6.45) is 2.75. The fourth-order valence-electron chi connectivity index (χ4n) is 1.28. The van der Waals surface area contributed by atoms with Crippen molar-refractivity contribution in [2.24, 2.45) is 11.8 Å². The minimum absolute atomic E-state index is 0.00532. The number of carbonyl (C=O) groups is 1. The number of hydroxylamine groups is 2. The van der Waals surface area contributed by atoms with Crippen LogP contribution < -0.4 is 0 Å². The summed E-state index contributed by atoms with van der Waals surface area (Å²) in [5.41, 5.74) is 0. The van der Waals surface area contributed by atoms with Crippen molar-refractivity contribution in [1.82, 2.24) is 5.06 Å². The lowest BCUT2D eigenvalue weighted by molar-refractivity contribution is -0.174. The van der Waals surface area contributed by atoms with E-state index < -0.39 is 0 Å². The second kappa shape index (κ2) is 5.75. The van der Waals surface area contributed by atoms with Crippen LogP contribution in [0.2, 0.25) is 0 Å². The lowest BCUT2D eigenvalue weighted by atomic mass is 9.91. The number of carbonyl (C=O) groups excluding carboxylic acids is 1. The molecule has 0 aliphatic rings. The molecule has 0 bridgehead atoms. The second-order valence-electron chi connectivity index (χ2n) is 3.11. The molecule has 0 fully saturated rings. The minimum Gasteiger partial charge on any atom is -0.275 e. The summed E-state index contributed by atoms with van der Waals surface area (Å²) >= 11 is 0. The zero-order chi connectivity index (χ0) is 10.4. The Morgan fingerprint density at radius 3 is 2.54 bits per heavy atom. The SMILES string of the molecule is C=C[C@@H](CC)[C@@H](C)C(=O)N(C)OC. The van der Waals surface area contributed by atoms with Crippen molar-refractivity contribution in [2.75, 3.05) is 14.2 Å². The van der Waals surface area contributed by atoms with E-state index in [1.807, 2.05) is 19.9 Å². The summed E-state index contributed by atoms with van der Waals surface area (Å²) in [6, 6.07) is 0. The predicted octanol–water partition coefficient (Wildman–Crippen LogP) is 1.85. The molecule has 13 heavy (non-hydrogen) atoms. The van der Waals surface area contributed by atoms with Crippen molar-refractivity contribution >= 4 is 5.91 Å². The Labute approximate surface area is 80.3 Å². The number of rotatable bonds is 5. The third-order valence-corrected chi connectivity index (χ3v) is 2.39. The Balaban J connectivity index is 4.30. The van der Waals surface area contributed by atoms with Gasteiger partial charge in [0.05, 0.1) is 7.11 Å². The Morgan fingerprint density at radius 1 is 1.69 bits per heavy atom. The van der Waals surface area contributed by atoms with Gasteiger partial charge >= 0.3 is 0 Å². The van der Waals surface area contributed by atoms with Crippen molar-refractivity contribution in [3.63, 3.8) is 0 Å². The summed E-state index contributed by atoms with van der Waals surface area (Å²) in [5.74, 6) is 0.159. The van der Waals surface area contributed by atoms with Gasteiger partial charge in [0, 0.05) is 13.0 Å². The van der Waals surface area contributed by atoms with E-state index in [4.69, 9.17) is 4.84 Å². The molecule has 0 N–H and O–H groups in total. The first-order valence-electron chi connectivity index (χ1n) is 4.52. The maximum absolute atomic E-state index is 11.6. The van der Waals surface area contributed by atoms with E-state index in [0.717, 1.165) is 6.42 Å². The van der Waals surface area contributed by atoms with Crippen LogP contribution in [0.1, 0.15) is 20.3 Å². The molecular formula is C10H19NO2. The number of hydrogen-bond acceptors (Lipinski definition) is 2.